The molecule has 0 aliphatic carbocycles. The number of sulfonamides is 1. The van der Waals surface area contributed by atoms with Crippen molar-refractivity contribution in [3.8, 4) is 0 Å². The summed E-state index contributed by atoms with van der Waals surface area (Å²) < 4.78 is 26.4. The van der Waals surface area contributed by atoms with Crippen LogP contribution in [0.25, 0.3) is 0 Å². The van der Waals surface area contributed by atoms with Gasteiger partial charge in [-0.1, -0.05) is 12.1 Å². The highest BCUT2D eigenvalue weighted by molar-refractivity contribution is 7.89. The minimum absolute atomic E-state index is 0.116. The predicted octanol–water partition coefficient (Wildman–Crippen LogP) is 0.626. The number of anilines is 1. The second-order valence-electron chi connectivity index (χ2n) is 4.03. The van der Waals surface area contributed by atoms with Gasteiger partial charge in [-0.3, -0.25) is 0 Å². The fourth-order valence-electron chi connectivity index (χ4n) is 1.52. The van der Waals surface area contributed by atoms with Gasteiger partial charge in [0.25, 0.3) is 0 Å². The van der Waals surface area contributed by atoms with Gasteiger partial charge < -0.3 is 10.8 Å². The van der Waals surface area contributed by atoms with Crippen molar-refractivity contribution in [2.24, 2.45) is 0 Å². The van der Waals surface area contributed by atoms with E-state index in [4.69, 9.17) is 10.8 Å². The second kappa shape index (κ2) is 5.48. The Morgan fingerprint density at radius 1 is 1.47 bits per heavy atom. The minimum Gasteiger partial charge on any atom is -0.398 e. The van der Waals surface area contributed by atoms with Crippen LogP contribution in [0.5, 0.6) is 0 Å². The molecule has 96 valence electrons. The average Bonchev–Trinajstić information content (AvgIpc) is 2.15. The molecule has 0 amide bonds. The summed E-state index contributed by atoms with van der Waals surface area (Å²) in [5.41, 5.74) is 6.51. The SMILES string of the molecule is Cc1cccc(N)c1S(=O)(=O)NCCC(C)O. The Hall–Kier alpha value is -1.11. The number of nitrogen functional groups attached to an aromatic ring is 1. The van der Waals surface area contributed by atoms with Crippen molar-refractivity contribution in [2.45, 2.75) is 31.3 Å². The third-order valence-corrected chi connectivity index (χ3v) is 4.04. The summed E-state index contributed by atoms with van der Waals surface area (Å²) in [7, 11) is -3.60. The molecular formula is C11H18N2O3S. The van der Waals surface area contributed by atoms with Gasteiger partial charge in [-0.2, -0.15) is 0 Å². The fraction of sp³-hybridized carbons (Fsp3) is 0.455. The second-order valence-corrected chi connectivity index (χ2v) is 5.73. The molecule has 6 heteroatoms. The van der Waals surface area contributed by atoms with Crippen LogP contribution in [-0.4, -0.2) is 26.2 Å². The fourth-order valence-corrected chi connectivity index (χ4v) is 2.92. The summed E-state index contributed by atoms with van der Waals surface area (Å²) in [6.07, 6.45) is -0.169. The van der Waals surface area contributed by atoms with Crippen LogP contribution in [0.1, 0.15) is 18.9 Å². The Morgan fingerprint density at radius 2 is 2.12 bits per heavy atom. The van der Waals surface area contributed by atoms with Crippen molar-refractivity contribution >= 4 is 15.7 Å². The van der Waals surface area contributed by atoms with Crippen LogP contribution in [0, 0.1) is 6.92 Å². The van der Waals surface area contributed by atoms with Crippen molar-refractivity contribution in [1.82, 2.24) is 4.72 Å². The first kappa shape index (κ1) is 14.0. The topological polar surface area (TPSA) is 92.4 Å². The van der Waals surface area contributed by atoms with E-state index >= 15 is 0 Å². The summed E-state index contributed by atoms with van der Waals surface area (Å²) in [6, 6.07) is 4.95. The van der Waals surface area contributed by atoms with Crippen LogP contribution in [0.2, 0.25) is 0 Å². The third-order valence-electron chi connectivity index (χ3n) is 2.37. The van der Waals surface area contributed by atoms with Gasteiger partial charge in [0.2, 0.25) is 10.0 Å². The maximum absolute atomic E-state index is 12.0. The van der Waals surface area contributed by atoms with Gasteiger partial charge in [0.1, 0.15) is 4.90 Å². The lowest BCUT2D eigenvalue weighted by atomic mass is 10.2. The number of aliphatic hydroxyl groups is 1. The predicted molar refractivity (Wildman–Crippen MR) is 67.1 cm³/mol. The van der Waals surface area contributed by atoms with Crippen molar-refractivity contribution < 1.29 is 13.5 Å². The molecule has 0 heterocycles. The molecule has 5 nitrogen and oxygen atoms in total. The molecule has 1 aromatic carbocycles. The molecule has 1 unspecified atom stereocenters. The van der Waals surface area contributed by atoms with E-state index < -0.39 is 16.1 Å². The third kappa shape index (κ3) is 3.69. The number of benzene rings is 1. The highest BCUT2D eigenvalue weighted by Crippen LogP contribution is 2.21. The number of nitrogens with two attached hydrogens (primary N) is 1. The van der Waals surface area contributed by atoms with E-state index in [1.54, 1.807) is 32.0 Å². The molecule has 0 aliphatic rings. The first-order chi connectivity index (χ1) is 7.84. The molecule has 0 saturated heterocycles. The van der Waals surface area contributed by atoms with E-state index in [0.717, 1.165) is 0 Å². The zero-order valence-corrected chi connectivity index (χ0v) is 10.8. The molecule has 0 aliphatic heterocycles. The van der Waals surface area contributed by atoms with E-state index in [2.05, 4.69) is 4.72 Å². The first-order valence-electron chi connectivity index (χ1n) is 5.37. The van der Waals surface area contributed by atoms with Gasteiger partial charge in [0, 0.05) is 6.54 Å². The average molecular weight is 258 g/mol. The van der Waals surface area contributed by atoms with Crippen LogP contribution in [0.3, 0.4) is 0 Å². The number of rotatable bonds is 5. The Morgan fingerprint density at radius 3 is 2.65 bits per heavy atom. The number of hydrogen-bond donors (Lipinski definition) is 3. The van der Waals surface area contributed by atoms with Crippen LogP contribution in [0.15, 0.2) is 23.1 Å². The van der Waals surface area contributed by atoms with E-state index in [9.17, 15) is 8.42 Å². The molecule has 1 aromatic rings. The molecule has 0 aromatic heterocycles. The largest absolute Gasteiger partial charge is 0.398 e. The van der Waals surface area contributed by atoms with Gasteiger partial charge in [-0.15, -0.1) is 0 Å². The van der Waals surface area contributed by atoms with E-state index in [1.165, 1.54) is 0 Å². The molecule has 0 bridgehead atoms. The number of nitrogens with one attached hydrogen (secondary N) is 1. The van der Waals surface area contributed by atoms with Gasteiger partial charge in [-0.25, -0.2) is 13.1 Å². The highest BCUT2D eigenvalue weighted by atomic mass is 32.2. The molecule has 1 rings (SSSR count). The summed E-state index contributed by atoms with van der Waals surface area (Å²) in [4.78, 5) is 0.116. The monoisotopic (exact) mass is 258 g/mol. The summed E-state index contributed by atoms with van der Waals surface area (Å²) in [5, 5.41) is 9.07. The van der Waals surface area contributed by atoms with Crippen molar-refractivity contribution in [3.05, 3.63) is 23.8 Å². The van der Waals surface area contributed by atoms with Gasteiger partial charge in [0.15, 0.2) is 0 Å². The summed E-state index contributed by atoms with van der Waals surface area (Å²) >= 11 is 0. The molecule has 4 N–H and O–H groups in total. The van der Waals surface area contributed by atoms with Crippen LogP contribution < -0.4 is 10.5 Å². The number of aryl methyl sites for hydroxylation is 1. The van der Waals surface area contributed by atoms with Crippen LogP contribution in [0.4, 0.5) is 5.69 Å². The smallest absolute Gasteiger partial charge is 0.242 e. The summed E-state index contributed by atoms with van der Waals surface area (Å²) in [5.74, 6) is 0. The Bertz CT molecular complexity index is 463. The lowest BCUT2D eigenvalue weighted by Crippen LogP contribution is -2.28. The highest BCUT2D eigenvalue weighted by Gasteiger charge is 2.19. The Balaban J connectivity index is 2.90. The van der Waals surface area contributed by atoms with Crippen LogP contribution >= 0.6 is 0 Å². The molecule has 17 heavy (non-hydrogen) atoms. The Labute approximate surface area is 102 Å². The van der Waals surface area contributed by atoms with Crippen LogP contribution in [-0.2, 0) is 10.0 Å². The number of aliphatic hydroxyl groups excluding tert-OH is 1. The molecule has 0 fully saturated rings. The lowest BCUT2D eigenvalue weighted by Gasteiger charge is -2.12. The van der Waals surface area contributed by atoms with Crippen molar-refractivity contribution in [1.29, 1.82) is 0 Å². The van der Waals surface area contributed by atoms with E-state index in [-0.39, 0.29) is 17.1 Å². The van der Waals surface area contributed by atoms with E-state index in [1.807, 2.05) is 0 Å². The molecule has 1 atom stereocenters. The number of hydrogen-bond acceptors (Lipinski definition) is 4. The molecule has 0 spiro atoms. The minimum atomic E-state index is -3.60. The zero-order chi connectivity index (χ0) is 13.1. The first-order valence-corrected chi connectivity index (χ1v) is 6.85. The standard InChI is InChI=1S/C11H18N2O3S/c1-8-4-3-5-10(12)11(8)17(15,16)13-7-6-9(2)14/h3-5,9,13-14H,6-7,12H2,1-2H3. The maximum atomic E-state index is 12.0. The quantitative estimate of drug-likeness (QED) is 0.675. The zero-order valence-electron chi connectivity index (χ0n) is 9.97. The molecule has 0 saturated carbocycles. The molecular weight excluding hydrogens is 240 g/mol. The molecule has 0 radical (unpaired) electrons. The van der Waals surface area contributed by atoms with Gasteiger partial charge >= 0.3 is 0 Å². The lowest BCUT2D eigenvalue weighted by molar-refractivity contribution is 0.186. The Kier molecular flexibility index (Phi) is 4.50. The summed E-state index contributed by atoms with van der Waals surface area (Å²) in [6.45, 7) is 3.49. The van der Waals surface area contributed by atoms with Crippen molar-refractivity contribution in [2.75, 3.05) is 12.3 Å². The maximum Gasteiger partial charge on any atom is 0.242 e. The van der Waals surface area contributed by atoms with Gasteiger partial charge in [-0.05, 0) is 31.9 Å². The van der Waals surface area contributed by atoms with Gasteiger partial charge in [0.05, 0.1) is 11.8 Å². The normalized spacial score (nSPS) is 13.6. The van der Waals surface area contributed by atoms with Crippen molar-refractivity contribution in [3.63, 3.8) is 0 Å². The van der Waals surface area contributed by atoms with E-state index in [0.29, 0.717) is 12.0 Å².